The van der Waals surface area contributed by atoms with Crippen molar-refractivity contribution in [1.82, 2.24) is 19.9 Å². The number of benzene rings is 2. The smallest absolute Gasteiger partial charge is 0.227 e. The first-order valence-corrected chi connectivity index (χ1v) is 11.3. The van der Waals surface area contributed by atoms with Gasteiger partial charge in [-0.05, 0) is 35.4 Å². The number of carbonyl (C=O) groups excluding carboxylic acids is 1. The molecule has 174 valence electrons. The van der Waals surface area contributed by atoms with Crippen LogP contribution in [0.25, 0.3) is 0 Å². The molecule has 1 aromatic heterocycles. The van der Waals surface area contributed by atoms with Gasteiger partial charge in [-0.15, -0.1) is 0 Å². The van der Waals surface area contributed by atoms with Crippen molar-refractivity contribution < 1.29 is 18.1 Å². The third kappa shape index (κ3) is 5.63. The Hall–Kier alpha value is -3.13. The van der Waals surface area contributed by atoms with Crippen molar-refractivity contribution >= 4 is 5.91 Å². The fraction of sp³-hybridized carbons (Fsp3) is 0.400. The van der Waals surface area contributed by atoms with E-state index in [1.165, 1.54) is 24.3 Å². The molecule has 0 aliphatic carbocycles. The minimum atomic E-state index is -0.297. The molecule has 8 heteroatoms. The Labute approximate surface area is 192 Å². The topological polar surface area (TPSA) is 62.5 Å². The minimum Gasteiger partial charge on any atom is -0.340 e. The maximum atomic E-state index is 13.5. The fourth-order valence-electron chi connectivity index (χ4n) is 4.11. The summed E-state index contributed by atoms with van der Waals surface area (Å²) in [6.07, 6.45) is 0.742. The molecule has 1 saturated heterocycles. The zero-order chi connectivity index (χ0) is 23.4. The van der Waals surface area contributed by atoms with Gasteiger partial charge in [0.05, 0.1) is 6.04 Å². The second kappa shape index (κ2) is 10.2. The summed E-state index contributed by atoms with van der Waals surface area (Å²) in [4.78, 5) is 21.2. The van der Waals surface area contributed by atoms with E-state index in [9.17, 15) is 13.6 Å². The monoisotopic (exact) mass is 454 g/mol. The Morgan fingerprint density at radius 3 is 1.97 bits per heavy atom. The third-order valence-electron chi connectivity index (χ3n) is 5.96. The van der Waals surface area contributed by atoms with Crippen molar-refractivity contribution in [1.29, 1.82) is 0 Å². The van der Waals surface area contributed by atoms with Gasteiger partial charge >= 0.3 is 0 Å². The average Bonchev–Trinajstić information content (AvgIpc) is 3.30. The van der Waals surface area contributed by atoms with E-state index in [1.54, 1.807) is 24.3 Å². The highest BCUT2D eigenvalue weighted by Gasteiger charge is 2.28. The van der Waals surface area contributed by atoms with Crippen molar-refractivity contribution in [3.8, 4) is 0 Å². The predicted octanol–water partition coefficient (Wildman–Crippen LogP) is 4.34. The molecular formula is C25H28F2N4O2. The number of carbonyl (C=O) groups is 1. The molecule has 0 saturated carbocycles. The molecule has 0 unspecified atom stereocenters. The number of aromatic nitrogens is 2. The Morgan fingerprint density at radius 1 is 0.939 bits per heavy atom. The molecule has 2 heterocycles. The van der Waals surface area contributed by atoms with Crippen LogP contribution >= 0.6 is 0 Å². The van der Waals surface area contributed by atoms with Crippen molar-refractivity contribution in [3.05, 3.63) is 83.0 Å². The highest BCUT2D eigenvalue weighted by atomic mass is 19.1. The van der Waals surface area contributed by atoms with E-state index in [2.05, 4.69) is 15.0 Å². The molecule has 1 amide bonds. The molecule has 6 nitrogen and oxygen atoms in total. The van der Waals surface area contributed by atoms with E-state index in [0.717, 1.165) is 11.1 Å². The highest BCUT2D eigenvalue weighted by molar-refractivity contribution is 5.76. The third-order valence-corrected chi connectivity index (χ3v) is 5.96. The molecule has 1 aliphatic heterocycles. The molecule has 0 bridgehead atoms. The average molecular weight is 455 g/mol. The SMILES string of the molecule is CC(C)c1noc(CCC(=O)N2CCN(C(c3ccc(F)cc3)c3ccc(F)cc3)CC2)n1. The van der Waals surface area contributed by atoms with Gasteiger partial charge in [0, 0.05) is 44.9 Å². The van der Waals surface area contributed by atoms with E-state index in [0.29, 0.717) is 50.7 Å². The van der Waals surface area contributed by atoms with Crippen LogP contribution in [-0.4, -0.2) is 52.0 Å². The van der Waals surface area contributed by atoms with Crippen LogP contribution in [0.15, 0.2) is 53.1 Å². The summed E-state index contributed by atoms with van der Waals surface area (Å²) in [7, 11) is 0. The first-order chi connectivity index (χ1) is 15.9. The zero-order valence-electron chi connectivity index (χ0n) is 18.9. The van der Waals surface area contributed by atoms with Crippen LogP contribution in [0.4, 0.5) is 8.78 Å². The number of rotatable bonds is 7. The number of halogens is 2. The van der Waals surface area contributed by atoms with Gasteiger partial charge in [-0.25, -0.2) is 8.78 Å². The van der Waals surface area contributed by atoms with E-state index < -0.39 is 0 Å². The number of piperazine rings is 1. The molecule has 4 rings (SSSR count). The van der Waals surface area contributed by atoms with Gasteiger partial charge in [0.25, 0.3) is 0 Å². The molecule has 0 spiro atoms. The summed E-state index contributed by atoms with van der Waals surface area (Å²) in [5, 5.41) is 3.94. The van der Waals surface area contributed by atoms with Gasteiger partial charge in [-0.2, -0.15) is 4.98 Å². The number of hydrogen-bond acceptors (Lipinski definition) is 5. The van der Waals surface area contributed by atoms with Crippen LogP contribution < -0.4 is 0 Å². The lowest BCUT2D eigenvalue weighted by molar-refractivity contribution is -0.133. The lowest BCUT2D eigenvalue weighted by Crippen LogP contribution is -2.49. The van der Waals surface area contributed by atoms with Gasteiger partial charge in [0.2, 0.25) is 11.8 Å². The van der Waals surface area contributed by atoms with Crippen molar-refractivity contribution in [2.24, 2.45) is 0 Å². The van der Waals surface area contributed by atoms with Crippen LogP contribution in [0, 0.1) is 11.6 Å². The second-order valence-corrected chi connectivity index (χ2v) is 8.62. The summed E-state index contributed by atoms with van der Waals surface area (Å²) >= 11 is 0. The molecule has 0 N–H and O–H groups in total. The molecule has 33 heavy (non-hydrogen) atoms. The lowest BCUT2D eigenvalue weighted by atomic mass is 9.96. The summed E-state index contributed by atoms with van der Waals surface area (Å²) in [6, 6.07) is 12.7. The number of hydrogen-bond donors (Lipinski definition) is 0. The summed E-state index contributed by atoms with van der Waals surface area (Å²) < 4.78 is 32.2. The first-order valence-electron chi connectivity index (χ1n) is 11.3. The number of aryl methyl sites for hydroxylation is 1. The Morgan fingerprint density at radius 2 is 1.48 bits per heavy atom. The van der Waals surface area contributed by atoms with Gasteiger partial charge in [0.1, 0.15) is 11.6 Å². The van der Waals surface area contributed by atoms with Crippen LogP contribution in [0.1, 0.15) is 55.1 Å². The van der Waals surface area contributed by atoms with E-state index in [4.69, 9.17) is 4.52 Å². The van der Waals surface area contributed by atoms with Gasteiger partial charge < -0.3 is 9.42 Å². The molecule has 2 aromatic carbocycles. The second-order valence-electron chi connectivity index (χ2n) is 8.62. The Kier molecular flexibility index (Phi) is 7.13. The van der Waals surface area contributed by atoms with Gasteiger partial charge in [0.15, 0.2) is 5.82 Å². The van der Waals surface area contributed by atoms with Crippen LogP contribution in [0.3, 0.4) is 0 Å². The lowest BCUT2D eigenvalue weighted by Gasteiger charge is -2.39. The quantitative estimate of drug-likeness (QED) is 0.532. The van der Waals surface area contributed by atoms with Crippen LogP contribution in [0.2, 0.25) is 0 Å². The van der Waals surface area contributed by atoms with Crippen molar-refractivity contribution in [3.63, 3.8) is 0 Å². The standard InChI is InChI=1S/C25H28F2N4O2/c1-17(2)25-28-22(33-29-25)11-12-23(32)30-13-15-31(16-14-30)24(18-3-7-20(26)8-4-18)19-5-9-21(27)10-6-19/h3-10,17,24H,11-16H2,1-2H3. The number of nitrogens with zero attached hydrogens (tertiary/aromatic N) is 4. The maximum absolute atomic E-state index is 13.5. The zero-order valence-corrected chi connectivity index (χ0v) is 18.9. The van der Waals surface area contributed by atoms with Gasteiger partial charge in [-0.1, -0.05) is 43.3 Å². The summed E-state index contributed by atoms with van der Waals surface area (Å²) in [6.45, 7) is 6.46. The van der Waals surface area contributed by atoms with Crippen LogP contribution in [0.5, 0.6) is 0 Å². The Balaban J connectivity index is 1.39. The number of amides is 1. The minimum absolute atomic E-state index is 0.0547. The maximum Gasteiger partial charge on any atom is 0.227 e. The predicted molar refractivity (Wildman–Crippen MR) is 120 cm³/mol. The van der Waals surface area contributed by atoms with E-state index in [-0.39, 0.29) is 29.5 Å². The molecule has 0 atom stereocenters. The first kappa shape index (κ1) is 23.0. The van der Waals surface area contributed by atoms with Crippen LogP contribution in [-0.2, 0) is 11.2 Å². The molecule has 1 aliphatic rings. The van der Waals surface area contributed by atoms with Crippen molar-refractivity contribution in [2.45, 2.75) is 38.6 Å². The summed E-state index contributed by atoms with van der Waals surface area (Å²) in [5.41, 5.74) is 1.86. The largest absolute Gasteiger partial charge is 0.340 e. The van der Waals surface area contributed by atoms with E-state index >= 15 is 0 Å². The molecule has 3 aromatic rings. The molecular weight excluding hydrogens is 426 g/mol. The van der Waals surface area contributed by atoms with E-state index in [1.807, 2.05) is 18.7 Å². The fourth-order valence-corrected chi connectivity index (χ4v) is 4.11. The van der Waals surface area contributed by atoms with Gasteiger partial charge in [-0.3, -0.25) is 9.69 Å². The van der Waals surface area contributed by atoms with Crippen molar-refractivity contribution in [2.75, 3.05) is 26.2 Å². The highest BCUT2D eigenvalue weighted by Crippen LogP contribution is 2.30. The normalized spacial score (nSPS) is 14.9. The molecule has 1 fully saturated rings. The molecule has 0 radical (unpaired) electrons. The Bertz CT molecular complexity index is 1010. The summed E-state index contributed by atoms with van der Waals surface area (Å²) in [5.74, 6) is 0.778.